The maximum Gasteiger partial charge on any atom is 0.338 e. The second kappa shape index (κ2) is 4.72. The van der Waals surface area contributed by atoms with E-state index in [1.165, 1.54) is 23.1 Å². The standard InChI is InChI=1S/C9H7ClN4O2S/c1-14-9(11-4-12-14)17-7-5(8(15)16)2-3-6(10)13-7/h2-4H,1H3,(H,15,16). The molecule has 0 saturated heterocycles. The molecule has 88 valence electrons. The zero-order chi connectivity index (χ0) is 12.4. The summed E-state index contributed by atoms with van der Waals surface area (Å²) >= 11 is 6.84. The van der Waals surface area contributed by atoms with Crippen molar-refractivity contribution >= 4 is 29.3 Å². The minimum Gasteiger partial charge on any atom is -0.478 e. The Morgan fingerprint density at radius 1 is 1.53 bits per heavy atom. The third kappa shape index (κ3) is 2.56. The number of hydrogen-bond donors (Lipinski definition) is 1. The molecule has 0 saturated carbocycles. The minimum atomic E-state index is -1.06. The van der Waals surface area contributed by atoms with Crippen molar-refractivity contribution in [1.82, 2.24) is 19.7 Å². The highest BCUT2D eigenvalue weighted by atomic mass is 35.5. The van der Waals surface area contributed by atoms with Gasteiger partial charge in [-0.3, -0.25) is 0 Å². The maximum absolute atomic E-state index is 11.0. The summed E-state index contributed by atoms with van der Waals surface area (Å²) in [5.74, 6) is -1.06. The van der Waals surface area contributed by atoms with Crippen LogP contribution >= 0.6 is 23.4 Å². The molecule has 0 spiro atoms. The summed E-state index contributed by atoms with van der Waals surface area (Å²) in [6.45, 7) is 0. The van der Waals surface area contributed by atoms with Crippen LogP contribution in [0.1, 0.15) is 10.4 Å². The first kappa shape index (κ1) is 11.9. The Morgan fingerprint density at radius 3 is 2.88 bits per heavy atom. The summed E-state index contributed by atoms with van der Waals surface area (Å²) in [4.78, 5) is 19.0. The van der Waals surface area contributed by atoms with E-state index in [0.717, 1.165) is 11.8 Å². The molecular weight excluding hydrogens is 264 g/mol. The molecule has 0 aliphatic rings. The molecule has 6 nitrogen and oxygen atoms in total. The highest BCUT2D eigenvalue weighted by Gasteiger charge is 2.15. The van der Waals surface area contributed by atoms with Crippen LogP contribution in [0.25, 0.3) is 0 Å². The third-order valence-corrected chi connectivity index (χ3v) is 3.18. The van der Waals surface area contributed by atoms with Gasteiger partial charge in [0, 0.05) is 7.05 Å². The number of aromatic nitrogens is 4. The Bertz CT molecular complexity index is 572. The molecule has 2 rings (SSSR count). The summed E-state index contributed by atoms with van der Waals surface area (Å²) in [6.07, 6.45) is 1.38. The van der Waals surface area contributed by atoms with E-state index in [1.54, 1.807) is 7.05 Å². The first-order valence-corrected chi connectivity index (χ1v) is 5.69. The smallest absolute Gasteiger partial charge is 0.338 e. The number of halogens is 1. The summed E-state index contributed by atoms with van der Waals surface area (Å²) in [7, 11) is 1.71. The van der Waals surface area contributed by atoms with Crippen LogP contribution in [-0.4, -0.2) is 30.8 Å². The van der Waals surface area contributed by atoms with E-state index in [4.69, 9.17) is 16.7 Å². The Labute approximate surface area is 106 Å². The van der Waals surface area contributed by atoms with Crippen LogP contribution in [0.4, 0.5) is 0 Å². The van der Waals surface area contributed by atoms with Crippen LogP contribution in [0.2, 0.25) is 5.15 Å². The van der Waals surface area contributed by atoms with Gasteiger partial charge >= 0.3 is 5.97 Å². The lowest BCUT2D eigenvalue weighted by Crippen LogP contribution is -2.02. The van der Waals surface area contributed by atoms with E-state index < -0.39 is 5.97 Å². The second-order valence-electron chi connectivity index (χ2n) is 3.06. The van der Waals surface area contributed by atoms with Gasteiger partial charge in [-0.15, -0.1) is 0 Å². The number of nitrogens with zero attached hydrogens (tertiary/aromatic N) is 4. The van der Waals surface area contributed by atoms with Crippen molar-refractivity contribution in [3.8, 4) is 0 Å². The predicted molar refractivity (Wildman–Crippen MR) is 61.3 cm³/mol. The zero-order valence-corrected chi connectivity index (χ0v) is 10.2. The molecule has 0 unspecified atom stereocenters. The highest BCUT2D eigenvalue weighted by molar-refractivity contribution is 7.99. The van der Waals surface area contributed by atoms with Gasteiger partial charge in [0.05, 0.1) is 5.56 Å². The lowest BCUT2D eigenvalue weighted by Gasteiger charge is -2.04. The molecule has 0 amide bonds. The van der Waals surface area contributed by atoms with E-state index in [1.807, 2.05) is 0 Å². The Balaban J connectivity index is 2.41. The topological polar surface area (TPSA) is 80.9 Å². The largest absolute Gasteiger partial charge is 0.478 e. The molecule has 0 aliphatic heterocycles. The molecular formula is C9H7ClN4O2S. The number of carbonyl (C=O) groups is 1. The molecule has 2 aromatic rings. The van der Waals surface area contributed by atoms with E-state index in [9.17, 15) is 4.79 Å². The van der Waals surface area contributed by atoms with Gasteiger partial charge in [0.1, 0.15) is 16.5 Å². The van der Waals surface area contributed by atoms with Crippen LogP contribution in [0.3, 0.4) is 0 Å². The summed E-state index contributed by atoms with van der Waals surface area (Å²) < 4.78 is 1.53. The van der Waals surface area contributed by atoms with Crippen molar-refractivity contribution in [2.45, 2.75) is 10.2 Å². The van der Waals surface area contributed by atoms with Gasteiger partial charge in [0.15, 0.2) is 5.16 Å². The van der Waals surface area contributed by atoms with E-state index in [2.05, 4.69) is 15.1 Å². The second-order valence-corrected chi connectivity index (χ2v) is 4.40. The van der Waals surface area contributed by atoms with Crippen LogP contribution in [-0.2, 0) is 7.05 Å². The van der Waals surface area contributed by atoms with Crippen molar-refractivity contribution in [2.24, 2.45) is 7.05 Å². The average molecular weight is 271 g/mol. The average Bonchev–Trinajstić information content (AvgIpc) is 2.64. The summed E-state index contributed by atoms with van der Waals surface area (Å²) in [6, 6.07) is 2.85. The lowest BCUT2D eigenvalue weighted by molar-refractivity contribution is 0.0692. The van der Waals surface area contributed by atoms with E-state index in [0.29, 0.717) is 10.2 Å². The van der Waals surface area contributed by atoms with Crippen molar-refractivity contribution < 1.29 is 9.90 Å². The van der Waals surface area contributed by atoms with Gasteiger partial charge in [-0.2, -0.15) is 5.10 Å². The SMILES string of the molecule is Cn1ncnc1Sc1nc(Cl)ccc1C(=O)O. The molecule has 2 heterocycles. The molecule has 0 atom stereocenters. The summed E-state index contributed by atoms with van der Waals surface area (Å²) in [5.41, 5.74) is 0.0856. The Hall–Kier alpha value is -1.60. The van der Waals surface area contributed by atoms with Crippen molar-refractivity contribution in [3.63, 3.8) is 0 Å². The van der Waals surface area contributed by atoms with Gasteiger partial charge in [-0.25, -0.2) is 19.4 Å². The molecule has 0 radical (unpaired) electrons. The Kier molecular flexibility index (Phi) is 3.30. The van der Waals surface area contributed by atoms with Gasteiger partial charge in [0.25, 0.3) is 0 Å². The number of hydrogen-bond acceptors (Lipinski definition) is 5. The molecule has 17 heavy (non-hydrogen) atoms. The van der Waals surface area contributed by atoms with Gasteiger partial charge < -0.3 is 5.11 Å². The van der Waals surface area contributed by atoms with Gasteiger partial charge in [-0.1, -0.05) is 11.6 Å². The van der Waals surface area contributed by atoms with Crippen LogP contribution in [0.15, 0.2) is 28.6 Å². The fourth-order valence-corrected chi connectivity index (χ4v) is 2.18. The number of aryl methyl sites for hydroxylation is 1. The monoisotopic (exact) mass is 270 g/mol. The highest BCUT2D eigenvalue weighted by Crippen LogP contribution is 2.28. The van der Waals surface area contributed by atoms with Gasteiger partial charge in [0.2, 0.25) is 0 Å². The first-order chi connectivity index (χ1) is 8.08. The normalized spacial score (nSPS) is 10.5. The zero-order valence-electron chi connectivity index (χ0n) is 8.66. The summed E-state index contributed by atoms with van der Waals surface area (Å²) in [5, 5.41) is 14.0. The van der Waals surface area contributed by atoms with E-state index >= 15 is 0 Å². The molecule has 0 aromatic carbocycles. The fraction of sp³-hybridized carbons (Fsp3) is 0.111. The molecule has 2 aromatic heterocycles. The minimum absolute atomic E-state index is 0.0856. The quantitative estimate of drug-likeness (QED) is 0.855. The van der Waals surface area contributed by atoms with Crippen molar-refractivity contribution in [1.29, 1.82) is 0 Å². The van der Waals surface area contributed by atoms with Crippen LogP contribution in [0.5, 0.6) is 0 Å². The molecule has 0 aliphatic carbocycles. The van der Waals surface area contributed by atoms with Crippen LogP contribution in [0, 0.1) is 0 Å². The number of carboxylic acids is 1. The number of aromatic carboxylic acids is 1. The molecule has 1 N–H and O–H groups in total. The molecule has 8 heteroatoms. The molecule has 0 fully saturated rings. The number of pyridine rings is 1. The predicted octanol–water partition coefficient (Wildman–Crippen LogP) is 1.71. The van der Waals surface area contributed by atoms with Gasteiger partial charge in [-0.05, 0) is 23.9 Å². The van der Waals surface area contributed by atoms with Crippen LogP contribution < -0.4 is 0 Å². The lowest BCUT2D eigenvalue weighted by atomic mass is 10.3. The van der Waals surface area contributed by atoms with Crippen molar-refractivity contribution in [3.05, 3.63) is 29.2 Å². The molecule has 0 bridgehead atoms. The number of rotatable bonds is 3. The fourth-order valence-electron chi connectivity index (χ4n) is 1.12. The van der Waals surface area contributed by atoms with Crippen molar-refractivity contribution in [2.75, 3.05) is 0 Å². The van der Waals surface area contributed by atoms with E-state index in [-0.39, 0.29) is 10.7 Å². The first-order valence-electron chi connectivity index (χ1n) is 4.49. The third-order valence-electron chi connectivity index (χ3n) is 1.91. The number of carboxylic acid groups (broad SMARTS) is 1. The maximum atomic E-state index is 11.0. The Morgan fingerprint density at radius 2 is 2.29 bits per heavy atom.